The minimum atomic E-state index is -4.82. The Morgan fingerprint density at radius 2 is 2.03 bits per heavy atom. The fourth-order valence-electron chi connectivity index (χ4n) is 3.33. The first-order chi connectivity index (χ1) is 16.0. The van der Waals surface area contributed by atoms with Gasteiger partial charge in [0.1, 0.15) is 10.8 Å². The van der Waals surface area contributed by atoms with Crippen LogP contribution in [0.5, 0.6) is 11.6 Å². The number of halogens is 2. The maximum absolute atomic E-state index is 15.9. The number of ether oxygens (including phenoxy) is 3. The van der Waals surface area contributed by atoms with Gasteiger partial charge >= 0.3 is 5.19 Å². The molecule has 3 atom stereocenters. The first-order valence-corrected chi connectivity index (χ1v) is 12.2. The highest BCUT2D eigenvalue weighted by molar-refractivity contribution is 7.90. The van der Waals surface area contributed by atoms with E-state index in [2.05, 4.69) is 4.98 Å². The normalized spacial score (nSPS) is 26.9. The number of nitrogens with zero attached hydrogens (tertiary/aromatic N) is 2. The average molecular weight is 516 g/mol. The molecule has 2 N–H and O–H groups in total. The molecule has 0 aliphatic carbocycles. The molecule has 0 bridgehead atoms. The fourth-order valence-corrected chi connectivity index (χ4v) is 5.35. The van der Waals surface area contributed by atoms with Crippen LogP contribution in [-0.2, 0) is 14.8 Å². The number of benzene rings is 1. The van der Waals surface area contributed by atoms with E-state index in [-0.39, 0.29) is 41.4 Å². The maximum Gasteiger partial charge on any atom is 0.382 e. The van der Waals surface area contributed by atoms with E-state index >= 15 is 4.39 Å². The van der Waals surface area contributed by atoms with Gasteiger partial charge in [-0.15, -0.1) is 0 Å². The Hall–Kier alpha value is -2.51. The maximum atomic E-state index is 15.9. The van der Waals surface area contributed by atoms with E-state index in [1.165, 1.54) is 24.4 Å². The van der Waals surface area contributed by atoms with Crippen molar-refractivity contribution in [3.8, 4) is 11.6 Å². The molecule has 1 aromatic carbocycles. The summed E-state index contributed by atoms with van der Waals surface area (Å²) < 4.78 is 58.2. The zero-order chi connectivity index (χ0) is 24.7. The third-order valence-corrected chi connectivity index (χ3v) is 7.64. The Balaban J connectivity index is 1.63. The standard InChI is InChI=1S/C21H23ClFN3O7S/c1-13(2)31-18-16(22)11-15(12-24-18)32-19-20(28,25-17(27)14-7-4-3-5-8-14)21(23,33-19)34(29,30)26-9-6-10-26/h3-5,7-8,11-13,19,28H,6,9-10H2,1-2H3,(H,25,27). The molecular weight excluding hydrogens is 493 g/mol. The summed E-state index contributed by atoms with van der Waals surface area (Å²) in [5, 5.41) is 9.60. The van der Waals surface area contributed by atoms with E-state index in [0.717, 1.165) is 4.31 Å². The summed E-state index contributed by atoms with van der Waals surface area (Å²) in [5.41, 5.74) is -3.03. The molecule has 1 amide bonds. The van der Waals surface area contributed by atoms with E-state index < -0.39 is 33.1 Å². The van der Waals surface area contributed by atoms with Gasteiger partial charge in [0.2, 0.25) is 5.88 Å². The van der Waals surface area contributed by atoms with Gasteiger partial charge in [0.25, 0.3) is 27.9 Å². The molecule has 3 heterocycles. The molecule has 10 nitrogen and oxygen atoms in total. The Morgan fingerprint density at radius 3 is 2.59 bits per heavy atom. The van der Waals surface area contributed by atoms with Crippen molar-refractivity contribution >= 4 is 27.5 Å². The van der Waals surface area contributed by atoms with Crippen LogP contribution >= 0.6 is 11.6 Å². The van der Waals surface area contributed by atoms with E-state index in [4.69, 9.17) is 25.8 Å². The van der Waals surface area contributed by atoms with Crippen LogP contribution in [0.2, 0.25) is 5.02 Å². The summed E-state index contributed by atoms with van der Waals surface area (Å²) in [4.78, 5) is 16.7. The molecule has 0 radical (unpaired) electrons. The summed E-state index contributed by atoms with van der Waals surface area (Å²) >= 11 is 6.13. The molecule has 1 aromatic heterocycles. The topological polar surface area (TPSA) is 127 Å². The number of sulfonamides is 1. The SMILES string of the molecule is CC(C)Oc1ncc(OC2OC(F)(S(=O)(=O)N3CCC3)C2(O)NC(=O)c2ccccc2)cc1Cl. The van der Waals surface area contributed by atoms with E-state index in [9.17, 15) is 18.3 Å². The molecule has 0 spiro atoms. The number of pyridine rings is 1. The molecule has 2 saturated heterocycles. The van der Waals surface area contributed by atoms with Crippen LogP contribution in [0.25, 0.3) is 0 Å². The summed E-state index contributed by atoms with van der Waals surface area (Å²) in [7, 11) is -4.82. The highest BCUT2D eigenvalue weighted by atomic mass is 35.5. The number of rotatable bonds is 8. The van der Waals surface area contributed by atoms with Gasteiger partial charge in [-0.2, -0.15) is 8.70 Å². The lowest BCUT2D eigenvalue weighted by Crippen LogP contribution is -2.84. The molecule has 4 rings (SSSR count). The van der Waals surface area contributed by atoms with Gasteiger partial charge in [0.05, 0.1) is 12.3 Å². The summed E-state index contributed by atoms with van der Waals surface area (Å²) in [6.07, 6.45) is -0.437. The smallest absolute Gasteiger partial charge is 0.382 e. The van der Waals surface area contributed by atoms with Gasteiger partial charge in [0.15, 0.2) is 0 Å². The van der Waals surface area contributed by atoms with Crippen molar-refractivity contribution in [1.82, 2.24) is 14.6 Å². The number of aliphatic hydroxyl groups is 1. The lowest BCUT2D eigenvalue weighted by atomic mass is 10.1. The Kier molecular flexibility index (Phi) is 6.46. The Morgan fingerprint density at radius 1 is 1.35 bits per heavy atom. The number of amides is 1. The lowest BCUT2D eigenvalue weighted by Gasteiger charge is -2.54. The van der Waals surface area contributed by atoms with Gasteiger partial charge < -0.3 is 19.9 Å². The number of carbonyl (C=O) groups excluding carboxylic acids is 1. The number of carbonyl (C=O) groups is 1. The van der Waals surface area contributed by atoms with Crippen molar-refractivity contribution < 1.29 is 36.9 Å². The van der Waals surface area contributed by atoms with Crippen molar-refractivity contribution in [3.63, 3.8) is 0 Å². The van der Waals surface area contributed by atoms with Gasteiger partial charge in [-0.05, 0) is 32.4 Å². The van der Waals surface area contributed by atoms with Crippen molar-refractivity contribution in [2.75, 3.05) is 13.1 Å². The first kappa shape index (κ1) is 24.6. The number of aromatic nitrogens is 1. The van der Waals surface area contributed by atoms with Crippen LogP contribution in [0.15, 0.2) is 42.6 Å². The zero-order valence-corrected chi connectivity index (χ0v) is 19.8. The molecule has 3 unspecified atom stereocenters. The molecule has 2 aromatic rings. The van der Waals surface area contributed by atoms with Gasteiger partial charge in [-0.25, -0.2) is 13.4 Å². The molecule has 13 heteroatoms. The second-order valence-corrected chi connectivity index (χ2v) is 10.5. The molecule has 184 valence electrons. The highest BCUT2D eigenvalue weighted by Crippen LogP contribution is 2.49. The van der Waals surface area contributed by atoms with Crippen LogP contribution in [0.3, 0.4) is 0 Å². The predicted octanol–water partition coefficient (Wildman–Crippen LogP) is 2.03. The fraction of sp³-hybridized carbons (Fsp3) is 0.429. The second kappa shape index (κ2) is 8.93. The Labute approximate surface area is 200 Å². The van der Waals surface area contributed by atoms with E-state index in [1.807, 2.05) is 5.32 Å². The van der Waals surface area contributed by atoms with Crippen LogP contribution < -0.4 is 14.8 Å². The number of hydrogen-bond acceptors (Lipinski definition) is 8. The minimum Gasteiger partial charge on any atom is -0.474 e. The number of alkyl halides is 1. The lowest BCUT2D eigenvalue weighted by molar-refractivity contribution is -0.418. The molecule has 34 heavy (non-hydrogen) atoms. The van der Waals surface area contributed by atoms with Crippen LogP contribution in [-0.4, -0.2) is 65.1 Å². The monoisotopic (exact) mass is 515 g/mol. The average Bonchev–Trinajstić information content (AvgIpc) is 2.73. The van der Waals surface area contributed by atoms with Crippen molar-refractivity contribution in [2.24, 2.45) is 0 Å². The van der Waals surface area contributed by atoms with Crippen molar-refractivity contribution in [3.05, 3.63) is 53.2 Å². The molecule has 2 fully saturated rings. The first-order valence-electron chi connectivity index (χ1n) is 10.4. The van der Waals surface area contributed by atoms with Gasteiger partial charge in [0, 0.05) is 24.7 Å². The summed E-state index contributed by atoms with van der Waals surface area (Å²) in [6.45, 7) is 3.67. The van der Waals surface area contributed by atoms with Gasteiger partial charge in [-0.3, -0.25) is 9.53 Å². The van der Waals surface area contributed by atoms with E-state index in [1.54, 1.807) is 32.0 Å². The predicted molar refractivity (Wildman–Crippen MR) is 118 cm³/mol. The van der Waals surface area contributed by atoms with Crippen molar-refractivity contribution in [1.29, 1.82) is 0 Å². The van der Waals surface area contributed by atoms with Crippen LogP contribution in [0.4, 0.5) is 4.39 Å². The third kappa shape index (κ3) is 4.09. The van der Waals surface area contributed by atoms with E-state index in [0.29, 0.717) is 6.42 Å². The third-order valence-electron chi connectivity index (χ3n) is 5.25. The number of hydrogen-bond donors (Lipinski definition) is 2. The molecule has 2 aliphatic rings. The zero-order valence-electron chi connectivity index (χ0n) is 18.3. The van der Waals surface area contributed by atoms with Crippen LogP contribution in [0.1, 0.15) is 30.6 Å². The summed E-state index contributed by atoms with van der Waals surface area (Å²) in [5.74, 6) is -0.897. The quantitative estimate of drug-likeness (QED) is 0.511. The van der Waals surface area contributed by atoms with Crippen molar-refractivity contribution in [2.45, 2.75) is 43.6 Å². The summed E-state index contributed by atoms with van der Waals surface area (Å²) in [6, 6.07) is 8.86. The molecule has 0 saturated carbocycles. The molecule has 2 aliphatic heterocycles. The van der Waals surface area contributed by atoms with Crippen LogP contribution in [0, 0.1) is 0 Å². The second-order valence-electron chi connectivity index (χ2n) is 8.07. The highest BCUT2D eigenvalue weighted by Gasteiger charge is 2.80. The van der Waals surface area contributed by atoms with Gasteiger partial charge in [-0.1, -0.05) is 29.8 Å². The Bertz CT molecular complexity index is 1180. The minimum absolute atomic E-state index is 0.0575. The number of nitrogens with one attached hydrogen (secondary N) is 1. The largest absolute Gasteiger partial charge is 0.474 e. The molecular formula is C21H23ClFN3O7S.